The first-order chi connectivity index (χ1) is 9.30. The predicted molar refractivity (Wildman–Crippen MR) is 75.2 cm³/mol. The maximum Gasteiger partial charge on any atom is 0.253 e. The van der Waals surface area contributed by atoms with Gasteiger partial charge in [-0.15, -0.1) is 0 Å². The Hall–Kier alpha value is -1.62. The molecule has 1 N–H and O–H groups in total. The van der Waals surface area contributed by atoms with Crippen molar-refractivity contribution in [1.29, 1.82) is 0 Å². The molecule has 2 rings (SSSR count). The van der Waals surface area contributed by atoms with Gasteiger partial charge < -0.3 is 5.32 Å². The van der Waals surface area contributed by atoms with Gasteiger partial charge in [0.1, 0.15) is 17.4 Å². The summed E-state index contributed by atoms with van der Waals surface area (Å²) in [5.41, 5.74) is -0.947. The third kappa shape index (κ3) is 2.26. The first-order valence-electron chi connectivity index (χ1n) is 6.41. The van der Waals surface area contributed by atoms with Crippen LogP contribution in [-0.2, 0) is 9.59 Å². The van der Waals surface area contributed by atoms with Gasteiger partial charge in [-0.05, 0) is 38.5 Å². The van der Waals surface area contributed by atoms with Crippen LogP contribution in [0.1, 0.15) is 27.2 Å². The van der Waals surface area contributed by atoms with Gasteiger partial charge in [-0.25, -0.2) is 4.39 Å². The third-order valence-electron chi connectivity index (χ3n) is 3.73. The molecule has 108 valence electrons. The molecule has 4 nitrogen and oxygen atoms in total. The Morgan fingerprint density at radius 3 is 2.65 bits per heavy atom. The number of nitrogens with zero attached hydrogens (tertiary/aromatic N) is 1. The molecule has 1 aliphatic heterocycles. The Morgan fingerprint density at radius 1 is 1.45 bits per heavy atom. The quantitative estimate of drug-likeness (QED) is 0.912. The van der Waals surface area contributed by atoms with Gasteiger partial charge in [-0.2, -0.15) is 0 Å². The normalized spacial score (nSPS) is 26.6. The second-order valence-corrected chi connectivity index (χ2v) is 5.56. The lowest BCUT2D eigenvalue weighted by Gasteiger charge is -2.43. The zero-order valence-electron chi connectivity index (χ0n) is 11.5. The fraction of sp³-hybridized carbons (Fsp3) is 0.429. The molecule has 2 amide bonds. The highest BCUT2D eigenvalue weighted by atomic mass is 35.5. The average Bonchev–Trinajstić information content (AvgIpc) is 2.39. The smallest absolute Gasteiger partial charge is 0.253 e. The van der Waals surface area contributed by atoms with Gasteiger partial charge in [0.15, 0.2) is 0 Å². The number of piperazine rings is 1. The van der Waals surface area contributed by atoms with Crippen LogP contribution in [0.4, 0.5) is 10.1 Å². The van der Waals surface area contributed by atoms with Crippen molar-refractivity contribution < 1.29 is 14.0 Å². The number of anilines is 1. The number of rotatable bonds is 2. The lowest BCUT2D eigenvalue weighted by atomic mass is 9.91. The van der Waals surface area contributed by atoms with Crippen molar-refractivity contribution in [2.75, 3.05) is 4.90 Å². The summed E-state index contributed by atoms with van der Waals surface area (Å²) in [6.45, 7) is 5.00. The lowest BCUT2D eigenvalue weighted by molar-refractivity contribution is -0.137. The number of benzene rings is 1. The topological polar surface area (TPSA) is 49.4 Å². The van der Waals surface area contributed by atoms with Gasteiger partial charge in [0.25, 0.3) is 5.91 Å². The molecule has 2 unspecified atom stereocenters. The molecule has 20 heavy (non-hydrogen) atoms. The van der Waals surface area contributed by atoms with E-state index in [0.29, 0.717) is 6.42 Å². The fourth-order valence-corrected chi connectivity index (χ4v) is 2.38. The van der Waals surface area contributed by atoms with Crippen molar-refractivity contribution >= 4 is 29.1 Å². The summed E-state index contributed by atoms with van der Waals surface area (Å²) in [7, 11) is 0. The second kappa shape index (κ2) is 5.05. The van der Waals surface area contributed by atoms with E-state index in [2.05, 4.69) is 5.32 Å². The largest absolute Gasteiger partial charge is 0.340 e. The summed E-state index contributed by atoms with van der Waals surface area (Å²) in [4.78, 5) is 25.8. The minimum atomic E-state index is -1.02. The van der Waals surface area contributed by atoms with Gasteiger partial charge >= 0.3 is 0 Å². The average molecular weight is 299 g/mol. The Labute approximate surface area is 121 Å². The molecule has 2 atom stereocenters. The zero-order valence-corrected chi connectivity index (χ0v) is 12.3. The maximum absolute atomic E-state index is 14.1. The summed E-state index contributed by atoms with van der Waals surface area (Å²) >= 11 is 5.72. The Bertz CT molecular complexity index is 578. The molecular formula is C14H16ClFN2O2. The summed E-state index contributed by atoms with van der Waals surface area (Å²) in [5.74, 6) is -1.25. The highest BCUT2D eigenvalue weighted by Gasteiger charge is 2.46. The van der Waals surface area contributed by atoms with Crippen LogP contribution < -0.4 is 10.2 Å². The van der Waals surface area contributed by atoms with Crippen molar-refractivity contribution in [1.82, 2.24) is 5.32 Å². The minimum Gasteiger partial charge on any atom is -0.340 e. The number of hydrogen-bond donors (Lipinski definition) is 1. The van der Waals surface area contributed by atoms with Gasteiger partial charge in [0.2, 0.25) is 5.91 Å². The van der Waals surface area contributed by atoms with E-state index in [0.717, 1.165) is 6.07 Å². The predicted octanol–water partition coefficient (Wildman–Crippen LogP) is 2.50. The SMILES string of the molecule is CCC1(C)NC(=O)C(C)N(c2ccc(Cl)cc2F)C1=O. The molecular weight excluding hydrogens is 283 g/mol. The van der Waals surface area contributed by atoms with Crippen LogP contribution in [0.5, 0.6) is 0 Å². The number of carbonyl (C=O) groups is 2. The molecule has 0 radical (unpaired) electrons. The fourth-order valence-electron chi connectivity index (χ4n) is 2.22. The minimum absolute atomic E-state index is 0.0708. The van der Waals surface area contributed by atoms with Crippen molar-refractivity contribution in [2.24, 2.45) is 0 Å². The summed E-state index contributed by atoms with van der Waals surface area (Å²) in [5, 5.41) is 2.94. The Kier molecular flexibility index (Phi) is 3.73. The Morgan fingerprint density at radius 2 is 2.10 bits per heavy atom. The van der Waals surface area contributed by atoms with Gasteiger partial charge in [0, 0.05) is 5.02 Å². The molecule has 0 aromatic heterocycles. The monoisotopic (exact) mass is 298 g/mol. The second-order valence-electron chi connectivity index (χ2n) is 5.12. The third-order valence-corrected chi connectivity index (χ3v) is 3.97. The van der Waals surface area contributed by atoms with E-state index in [9.17, 15) is 14.0 Å². The molecule has 1 saturated heterocycles. The van der Waals surface area contributed by atoms with Crippen LogP contribution in [0.25, 0.3) is 0 Å². The number of hydrogen-bond acceptors (Lipinski definition) is 2. The lowest BCUT2D eigenvalue weighted by Crippen LogP contribution is -2.68. The number of carbonyl (C=O) groups excluding carboxylic acids is 2. The van der Waals surface area contributed by atoms with Gasteiger partial charge in [0.05, 0.1) is 5.69 Å². The van der Waals surface area contributed by atoms with Gasteiger partial charge in [-0.1, -0.05) is 18.5 Å². The molecule has 1 heterocycles. The van der Waals surface area contributed by atoms with Crippen LogP contribution in [0.3, 0.4) is 0 Å². The molecule has 1 aliphatic rings. The van der Waals surface area contributed by atoms with Crippen LogP contribution in [0, 0.1) is 5.82 Å². The molecule has 0 saturated carbocycles. The molecule has 1 aromatic rings. The molecule has 6 heteroatoms. The van der Waals surface area contributed by atoms with Crippen LogP contribution >= 0.6 is 11.6 Å². The van der Waals surface area contributed by atoms with E-state index in [1.807, 2.05) is 0 Å². The van der Waals surface area contributed by atoms with E-state index >= 15 is 0 Å². The summed E-state index contributed by atoms with van der Waals surface area (Å²) in [6.07, 6.45) is 0.427. The molecule has 1 aromatic carbocycles. The van der Waals surface area contributed by atoms with Crippen LogP contribution in [0.15, 0.2) is 18.2 Å². The highest BCUT2D eigenvalue weighted by molar-refractivity contribution is 6.30. The van der Waals surface area contributed by atoms with Gasteiger partial charge in [-0.3, -0.25) is 14.5 Å². The van der Waals surface area contributed by atoms with E-state index in [1.54, 1.807) is 20.8 Å². The van der Waals surface area contributed by atoms with Crippen molar-refractivity contribution in [3.8, 4) is 0 Å². The first kappa shape index (κ1) is 14.8. The zero-order chi connectivity index (χ0) is 15.1. The number of amides is 2. The molecule has 0 bridgehead atoms. The van der Waals surface area contributed by atoms with E-state index in [-0.39, 0.29) is 22.5 Å². The van der Waals surface area contributed by atoms with Crippen molar-refractivity contribution in [2.45, 2.75) is 38.8 Å². The summed E-state index contributed by atoms with van der Waals surface area (Å²) < 4.78 is 14.1. The summed E-state index contributed by atoms with van der Waals surface area (Å²) in [6, 6.07) is 3.28. The molecule has 0 spiro atoms. The van der Waals surface area contributed by atoms with E-state index in [4.69, 9.17) is 11.6 Å². The van der Waals surface area contributed by atoms with E-state index < -0.39 is 17.4 Å². The number of halogens is 2. The highest BCUT2D eigenvalue weighted by Crippen LogP contribution is 2.30. The Balaban J connectivity index is 2.51. The first-order valence-corrected chi connectivity index (χ1v) is 6.78. The number of nitrogens with one attached hydrogen (secondary N) is 1. The standard InChI is InChI=1S/C14H16ClFN2O2/c1-4-14(3)13(20)18(8(2)12(19)17-14)11-6-5-9(15)7-10(11)16/h5-8H,4H2,1-3H3,(H,17,19). The molecule has 0 aliphatic carbocycles. The van der Waals surface area contributed by atoms with E-state index in [1.165, 1.54) is 17.0 Å². The maximum atomic E-state index is 14.1. The van der Waals surface area contributed by atoms with Crippen molar-refractivity contribution in [3.05, 3.63) is 29.0 Å². The van der Waals surface area contributed by atoms with Crippen LogP contribution in [-0.4, -0.2) is 23.4 Å². The van der Waals surface area contributed by atoms with Crippen LogP contribution in [0.2, 0.25) is 5.02 Å². The van der Waals surface area contributed by atoms with Crippen molar-refractivity contribution in [3.63, 3.8) is 0 Å². The molecule has 1 fully saturated rings.